The third-order valence-corrected chi connectivity index (χ3v) is 3.37. The minimum absolute atomic E-state index is 0.0615. The van der Waals surface area contributed by atoms with Crippen molar-refractivity contribution in [2.45, 2.75) is 13.0 Å². The summed E-state index contributed by atoms with van der Waals surface area (Å²) in [6.45, 7) is 1.38. The largest absolute Gasteiger partial charge is 0.476 e. The average Bonchev–Trinajstić information content (AvgIpc) is 2.80. The Balaban J connectivity index is 2.04. The first-order valence-corrected chi connectivity index (χ1v) is 6.12. The van der Waals surface area contributed by atoms with E-state index >= 15 is 0 Å². The van der Waals surface area contributed by atoms with E-state index in [0.29, 0.717) is 6.61 Å². The van der Waals surface area contributed by atoms with E-state index in [2.05, 4.69) is 17.2 Å². The van der Waals surface area contributed by atoms with Gasteiger partial charge < -0.3 is 9.84 Å². The Hall–Kier alpha value is -2.14. The van der Waals surface area contributed by atoms with Gasteiger partial charge in [0, 0.05) is 12.6 Å². The second-order valence-electron chi connectivity index (χ2n) is 4.63. The topological polar surface area (TPSA) is 64.4 Å². The maximum Gasteiger partial charge on any atom is 0.356 e. The molecule has 1 aromatic carbocycles. The van der Waals surface area contributed by atoms with Crippen LogP contribution in [-0.2, 0) is 24.8 Å². The van der Waals surface area contributed by atoms with E-state index in [9.17, 15) is 4.79 Å². The van der Waals surface area contributed by atoms with E-state index in [-0.39, 0.29) is 5.69 Å². The molecule has 5 nitrogen and oxygen atoms in total. The number of rotatable bonds is 2. The van der Waals surface area contributed by atoms with Crippen molar-refractivity contribution < 1.29 is 14.6 Å². The number of nitrogens with zero attached hydrogens (tertiary/aromatic N) is 2. The Morgan fingerprint density at radius 1 is 1.37 bits per heavy atom. The lowest BCUT2D eigenvalue weighted by Crippen LogP contribution is -2.09. The van der Waals surface area contributed by atoms with Gasteiger partial charge in [0.25, 0.3) is 0 Å². The van der Waals surface area contributed by atoms with Crippen LogP contribution in [0, 0.1) is 0 Å². The van der Waals surface area contributed by atoms with E-state index in [0.717, 1.165) is 24.3 Å². The van der Waals surface area contributed by atoms with Crippen LogP contribution >= 0.6 is 0 Å². The molecular formula is C14H14N2O3. The molecule has 0 bridgehead atoms. The smallest absolute Gasteiger partial charge is 0.356 e. The van der Waals surface area contributed by atoms with Crippen LogP contribution in [0.2, 0.25) is 0 Å². The molecule has 3 rings (SSSR count). The number of ether oxygens (including phenoxy) is 1. The van der Waals surface area contributed by atoms with E-state index in [1.54, 1.807) is 17.8 Å². The van der Waals surface area contributed by atoms with E-state index < -0.39 is 5.97 Å². The van der Waals surface area contributed by atoms with Crippen molar-refractivity contribution in [3.8, 4) is 11.3 Å². The molecule has 0 saturated heterocycles. The maximum absolute atomic E-state index is 10.9. The lowest BCUT2D eigenvalue weighted by molar-refractivity contribution is 0.0689. The maximum atomic E-state index is 10.9. The van der Waals surface area contributed by atoms with Crippen LogP contribution in [0.3, 0.4) is 0 Å². The molecule has 0 fully saturated rings. The van der Waals surface area contributed by atoms with E-state index in [1.807, 2.05) is 6.07 Å². The minimum Gasteiger partial charge on any atom is -0.476 e. The quantitative estimate of drug-likeness (QED) is 0.893. The number of carbonyl (C=O) groups is 1. The predicted molar refractivity (Wildman–Crippen MR) is 69.0 cm³/mol. The van der Waals surface area contributed by atoms with Crippen LogP contribution in [0.15, 0.2) is 24.3 Å². The SMILES string of the molecule is Cn1nc(C(=O)O)cc1-c1ccc2c(c1)COCC2. The van der Waals surface area contributed by atoms with Gasteiger partial charge in [-0.05, 0) is 29.7 Å². The number of carboxylic acids is 1. The van der Waals surface area contributed by atoms with Crippen LogP contribution in [0.25, 0.3) is 11.3 Å². The van der Waals surface area contributed by atoms with Crippen LogP contribution in [0.5, 0.6) is 0 Å². The van der Waals surface area contributed by atoms with Crippen LogP contribution < -0.4 is 0 Å². The summed E-state index contributed by atoms with van der Waals surface area (Å²) in [7, 11) is 1.75. The van der Waals surface area contributed by atoms with Gasteiger partial charge in [0.1, 0.15) is 0 Å². The van der Waals surface area contributed by atoms with Gasteiger partial charge in [0.15, 0.2) is 5.69 Å². The lowest BCUT2D eigenvalue weighted by Gasteiger charge is -2.17. The van der Waals surface area contributed by atoms with Crippen molar-refractivity contribution in [3.05, 3.63) is 41.1 Å². The van der Waals surface area contributed by atoms with Crippen LogP contribution in [0.4, 0.5) is 0 Å². The highest BCUT2D eigenvalue weighted by Crippen LogP contribution is 2.25. The molecule has 1 aliphatic rings. The number of aromatic carboxylic acids is 1. The zero-order valence-corrected chi connectivity index (χ0v) is 10.6. The molecule has 98 valence electrons. The lowest BCUT2D eigenvalue weighted by atomic mass is 9.99. The number of benzene rings is 1. The highest BCUT2D eigenvalue weighted by molar-refractivity contribution is 5.87. The van der Waals surface area contributed by atoms with Gasteiger partial charge in [0.2, 0.25) is 0 Å². The number of hydrogen-bond donors (Lipinski definition) is 1. The summed E-state index contributed by atoms with van der Waals surface area (Å²) in [5, 5.41) is 13.0. The second kappa shape index (κ2) is 4.51. The summed E-state index contributed by atoms with van der Waals surface area (Å²) in [5.41, 5.74) is 4.29. The van der Waals surface area contributed by atoms with Gasteiger partial charge in [-0.15, -0.1) is 0 Å². The average molecular weight is 258 g/mol. The molecule has 0 amide bonds. The first-order valence-electron chi connectivity index (χ1n) is 6.12. The highest BCUT2D eigenvalue weighted by Gasteiger charge is 2.15. The van der Waals surface area contributed by atoms with Crippen molar-refractivity contribution >= 4 is 5.97 Å². The van der Waals surface area contributed by atoms with Gasteiger partial charge in [-0.1, -0.05) is 12.1 Å². The number of fused-ring (bicyclic) bond motifs is 1. The fraction of sp³-hybridized carbons (Fsp3) is 0.286. The molecule has 0 spiro atoms. The predicted octanol–water partition coefficient (Wildman–Crippen LogP) is 1.86. The van der Waals surface area contributed by atoms with Gasteiger partial charge in [-0.3, -0.25) is 4.68 Å². The van der Waals surface area contributed by atoms with Crippen molar-refractivity contribution in [1.29, 1.82) is 0 Å². The Bertz CT molecular complexity index is 646. The van der Waals surface area contributed by atoms with Gasteiger partial charge >= 0.3 is 5.97 Å². The van der Waals surface area contributed by atoms with Crippen molar-refractivity contribution in [2.75, 3.05) is 6.61 Å². The molecule has 2 aromatic rings. The molecule has 1 N–H and O–H groups in total. The molecule has 1 aliphatic heterocycles. The van der Waals surface area contributed by atoms with Gasteiger partial charge in [-0.25, -0.2) is 4.79 Å². The molecule has 0 radical (unpaired) electrons. The molecular weight excluding hydrogens is 244 g/mol. The zero-order chi connectivity index (χ0) is 13.4. The Kier molecular flexibility index (Phi) is 2.83. The van der Waals surface area contributed by atoms with Crippen LogP contribution in [0.1, 0.15) is 21.6 Å². The molecule has 0 unspecified atom stereocenters. The minimum atomic E-state index is -1.01. The third kappa shape index (κ3) is 2.13. The molecule has 19 heavy (non-hydrogen) atoms. The van der Waals surface area contributed by atoms with Gasteiger partial charge in [0.05, 0.1) is 18.9 Å². The molecule has 0 atom stereocenters. The first kappa shape index (κ1) is 11.9. The summed E-state index contributed by atoms with van der Waals surface area (Å²) in [6, 6.07) is 7.73. The third-order valence-electron chi connectivity index (χ3n) is 3.37. The van der Waals surface area contributed by atoms with Crippen molar-refractivity contribution in [1.82, 2.24) is 9.78 Å². The number of hydrogen-bond acceptors (Lipinski definition) is 3. The molecule has 0 saturated carbocycles. The summed E-state index contributed by atoms with van der Waals surface area (Å²) in [4.78, 5) is 10.9. The molecule has 5 heteroatoms. The Morgan fingerprint density at radius 3 is 2.95 bits per heavy atom. The summed E-state index contributed by atoms with van der Waals surface area (Å²) < 4.78 is 7.04. The molecule has 2 heterocycles. The zero-order valence-electron chi connectivity index (χ0n) is 10.6. The Morgan fingerprint density at radius 2 is 2.21 bits per heavy atom. The highest BCUT2D eigenvalue weighted by atomic mass is 16.5. The Labute approximate surface area is 110 Å². The van der Waals surface area contributed by atoms with Crippen LogP contribution in [-0.4, -0.2) is 27.5 Å². The van der Waals surface area contributed by atoms with E-state index in [1.165, 1.54) is 11.1 Å². The first-order chi connectivity index (χ1) is 9.15. The normalized spacial score (nSPS) is 14.2. The summed E-state index contributed by atoms with van der Waals surface area (Å²) in [5.74, 6) is -1.01. The van der Waals surface area contributed by atoms with E-state index in [4.69, 9.17) is 9.84 Å². The fourth-order valence-electron chi connectivity index (χ4n) is 2.37. The molecule has 0 aliphatic carbocycles. The monoisotopic (exact) mass is 258 g/mol. The summed E-state index contributed by atoms with van der Waals surface area (Å²) in [6.07, 6.45) is 0.932. The number of carboxylic acid groups (broad SMARTS) is 1. The number of aryl methyl sites for hydroxylation is 1. The fourth-order valence-corrected chi connectivity index (χ4v) is 2.37. The molecule has 1 aromatic heterocycles. The standard InChI is InChI=1S/C14H14N2O3/c1-16-13(7-12(15-16)14(17)18)10-3-2-9-4-5-19-8-11(9)6-10/h2-3,6-7H,4-5,8H2,1H3,(H,17,18). The van der Waals surface area contributed by atoms with Crippen molar-refractivity contribution in [3.63, 3.8) is 0 Å². The van der Waals surface area contributed by atoms with Crippen molar-refractivity contribution in [2.24, 2.45) is 7.05 Å². The second-order valence-corrected chi connectivity index (χ2v) is 4.63. The number of aromatic nitrogens is 2. The van der Waals surface area contributed by atoms with Gasteiger partial charge in [-0.2, -0.15) is 5.10 Å². The summed E-state index contributed by atoms with van der Waals surface area (Å²) >= 11 is 0.